The van der Waals surface area contributed by atoms with Gasteiger partial charge in [0.1, 0.15) is 18.2 Å². The van der Waals surface area contributed by atoms with E-state index < -0.39 is 0 Å². The first-order valence-electron chi connectivity index (χ1n) is 6.06. The van der Waals surface area contributed by atoms with Crippen LogP contribution in [-0.4, -0.2) is 55.8 Å². The topological polar surface area (TPSA) is 61.8 Å². The van der Waals surface area contributed by atoms with Gasteiger partial charge in [-0.25, -0.2) is 4.39 Å². The third-order valence-electron chi connectivity index (χ3n) is 2.38. The minimum atomic E-state index is -0.354. The van der Waals surface area contributed by atoms with Crippen molar-refractivity contribution in [3.05, 3.63) is 30.1 Å². The number of hydrogen-bond acceptors (Lipinski definition) is 4. The summed E-state index contributed by atoms with van der Waals surface area (Å²) in [6, 6.07) is 5.84. The number of aliphatic hydroxyl groups is 1. The van der Waals surface area contributed by atoms with Gasteiger partial charge in [0.25, 0.3) is 0 Å². The number of carbonyl (C=O) groups is 1. The number of aliphatic hydroxyl groups excluding tert-OH is 1. The van der Waals surface area contributed by atoms with Crippen LogP contribution in [0, 0.1) is 5.82 Å². The van der Waals surface area contributed by atoms with E-state index in [9.17, 15) is 9.18 Å². The predicted molar refractivity (Wildman–Crippen MR) is 69.5 cm³/mol. The monoisotopic (exact) mass is 270 g/mol. The lowest BCUT2D eigenvalue weighted by atomic mass is 10.3. The zero-order chi connectivity index (χ0) is 14.1. The van der Waals surface area contributed by atoms with Crippen molar-refractivity contribution >= 4 is 5.91 Å². The molecule has 0 heterocycles. The molecule has 0 saturated carbocycles. The van der Waals surface area contributed by atoms with Gasteiger partial charge in [-0.15, -0.1) is 0 Å². The molecular formula is C13H19FN2O3. The molecule has 0 aromatic heterocycles. The van der Waals surface area contributed by atoms with E-state index in [2.05, 4.69) is 5.32 Å². The summed E-state index contributed by atoms with van der Waals surface area (Å²) in [6.07, 6.45) is 0. The Labute approximate surface area is 112 Å². The first-order chi connectivity index (χ1) is 9.11. The molecule has 0 radical (unpaired) electrons. The van der Waals surface area contributed by atoms with Gasteiger partial charge in [0, 0.05) is 12.6 Å². The number of rotatable bonds is 8. The van der Waals surface area contributed by atoms with Gasteiger partial charge in [0.15, 0.2) is 0 Å². The second kappa shape index (κ2) is 8.44. The summed E-state index contributed by atoms with van der Waals surface area (Å²) in [7, 11) is 1.75. The molecule has 0 atom stereocenters. The van der Waals surface area contributed by atoms with E-state index in [0.717, 1.165) is 0 Å². The summed E-state index contributed by atoms with van der Waals surface area (Å²) in [5.41, 5.74) is 0. The van der Waals surface area contributed by atoms with Crippen LogP contribution in [0.2, 0.25) is 0 Å². The largest absolute Gasteiger partial charge is 0.492 e. The van der Waals surface area contributed by atoms with Crippen LogP contribution in [0.1, 0.15) is 0 Å². The first-order valence-corrected chi connectivity index (χ1v) is 6.06. The molecule has 1 amide bonds. The summed E-state index contributed by atoms with van der Waals surface area (Å²) in [5, 5.41) is 11.4. The number of carbonyl (C=O) groups excluding carboxylic acids is 1. The fraction of sp³-hybridized carbons (Fsp3) is 0.462. The Kier molecular flexibility index (Phi) is 6.84. The Morgan fingerprint density at radius 1 is 1.53 bits per heavy atom. The third kappa shape index (κ3) is 6.73. The van der Waals surface area contributed by atoms with Gasteiger partial charge in [-0.05, 0) is 19.2 Å². The maximum absolute atomic E-state index is 12.8. The van der Waals surface area contributed by atoms with Gasteiger partial charge in [0.2, 0.25) is 5.91 Å². The quantitative estimate of drug-likeness (QED) is 0.665. The molecule has 5 nitrogen and oxygen atoms in total. The van der Waals surface area contributed by atoms with E-state index in [4.69, 9.17) is 9.84 Å². The van der Waals surface area contributed by atoms with Crippen molar-refractivity contribution in [2.24, 2.45) is 0 Å². The van der Waals surface area contributed by atoms with Gasteiger partial charge in [-0.1, -0.05) is 6.07 Å². The lowest BCUT2D eigenvalue weighted by Gasteiger charge is -2.14. The molecule has 106 valence electrons. The number of nitrogens with zero attached hydrogens (tertiary/aromatic N) is 1. The maximum atomic E-state index is 12.8. The highest BCUT2D eigenvalue weighted by molar-refractivity contribution is 5.77. The molecule has 0 fully saturated rings. The van der Waals surface area contributed by atoms with E-state index in [1.165, 1.54) is 12.1 Å². The van der Waals surface area contributed by atoms with Crippen LogP contribution in [0.25, 0.3) is 0 Å². The van der Waals surface area contributed by atoms with Crippen LogP contribution in [0.3, 0.4) is 0 Å². The molecular weight excluding hydrogens is 251 g/mol. The van der Waals surface area contributed by atoms with Crippen LogP contribution >= 0.6 is 0 Å². The van der Waals surface area contributed by atoms with Crippen LogP contribution in [0.5, 0.6) is 5.75 Å². The molecule has 0 aliphatic carbocycles. The molecule has 1 rings (SSSR count). The van der Waals surface area contributed by atoms with Crippen LogP contribution in [0.4, 0.5) is 4.39 Å². The molecule has 19 heavy (non-hydrogen) atoms. The summed E-state index contributed by atoms with van der Waals surface area (Å²) in [4.78, 5) is 13.2. The maximum Gasteiger partial charge on any atom is 0.234 e. The summed E-state index contributed by atoms with van der Waals surface area (Å²) >= 11 is 0. The van der Waals surface area contributed by atoms with Gasteiger partial charge in [0.05, 0.1) is 19.7 Å². The van der Waals surface area contributed by atoms with Crippen molar-refractivity contribution < 1.29 is 19.0 Å². The zero-order valence-electron chi connectivity index (χ0n) is 10.9. The molecule has 6 heteroatoms. The fourth-order valence-corrected chi connectivity index (χ4v) is 1.47. The number of benzene rings is 1. The van der Waals surface area contributed by atoms with Gasteiger partial charge in [-0.2, -0.15) is 0 Å². The average molecular weight is 270 g/mol. The highest BCUT2D eigenvalue weighted by atomic mass is 19.1. The minimum absolute atomic E-state index is 0.0203. The number of ether oxygens (including phenoxy) is 1. The van der Waals surface area contributed by atoms with Gasteiger partial charge < -0.3 is 15.2 Å². The first kappa shape index (κ1) is 15.4. The highest BCUT2D eigenvalue weighted by Gasteiger charge is 2.05. The van der Waals surface area contributed by atoms with Crippen molar-refractivity contribution in [3.8, 4) is 5.75 Å². The number of hydrogen-bond donors (Lipinski definition) is 2. The lowest BCUT2D eigenvalue weighted by Crippen LogP contribution is -2.38. The van der Waals surface area contributed by atoms with Crippen molar-refractivity contribution in [1.29, 1.82) is 0 Å². The third-order valence-corrected chi connectivity index (χ3v) is 2.38. The summed E-state index contributed by atoms with van der Waals surface area (Å²) in [5.74, 6) is -0.0578. The zero-order valence-corrected chi connectivity index (χ0v) is 10.9. The number of amides is 1. The predicted octanol–water partition coefficient (Wildman–Crippen LogP) is 0.245. The normalized spacial score (nSPS) is 10.5. The van der Waals surface area contributed by atoms with Gasteiger partial charge in [-0.3, -0.25) is 9.69 Å². The van der Waals surface area contributed by atoms with Crippen LogP contribution < -0.4 is 10.1 Å². The average Bonchev–Trinajstić information content (AvgIpc) is 2.35. The molecule has 0 aliphatic rings. The van der Waals surface area contributed by atoms with E-state index in [1.54, 1.807) is 24.1 Å². The standard InChI is InChI=1S/C13H19FN2O3/c1-16(6-7-17)10-13(18)15-5-8-19-12-4-2-3-11(14)9-12/h2-4,9,17H,5-8,10H2,1H3,(H,15,18). The number of nitrogens with one attached hydrogen (secondary N) is 1. The molecule has 0 saturated heterocycles. The molecule has 1 aromatic rings. The van der Waals surface area contributed by atoms with E-state index >= 15 is 0 Å². The van der Waals surface area contributed by atoms with Crippen molar-refractivity contribution in [1.82, 2.24) is 10.2 Å². The minimum Gasteiger partial charge on any atom is -0.492 e. The lowest BCUT2D eigenvalue weighted by molar-refractivity contribution is -0.122. The smallest absolute Gasteiger partial charge is 0.234 e. The van der Waals surface area contributed by atoms with E-state index in [0.29, 0.717) is 18.8 Å². The second-order valence-electron chi connectivity index (χ2n) is 4.12. The second-order valence-corrected chi connectivity index (χ2v) is 4.12. The van der Waals surface area contributed by atoms with E-state index in [1.807, 2.05) is 0 Å². The molecule has 0 unspecified atom stereocenters. The number of halogens is 1. The summed E-state index contributed by atoms with van der Waals surface area (Å²) in [6.45, 7) is 1.32. The Balaban J connectivity index is 2.15. The molecule has 0 bridgehead atoms. The Bertz CT molecular complexity index is 401. The highest BCUT2D eigenvalue weighted by Crippen LogP contribution is 2.11. The Morgan fingerprint density at radius 2 is 2.32 bits per heavy atom. The molecule has 0 spiro atoms. The van der Waals surface area contributed by atoms with Crippen molar-refractivity contribution in [2.45, 2.75) is 0 Å². The fourth-order valence-electron chi connectivity index (χ4n) is 1.47. The van der Waals surface area contributed by atoms with Crippen molar-refractivity contribution in [2.75, 3.05) is 39.9 Å². The van der Waals surface area contributed by atoms with Gasteiger partial charge >= 0.3 is 0 Å². The summed E-state index contributed by atoms with van der Waals surface area (Å²) < 4.78 is 18.1. The van der Waals surface area contributed by atoms with Crippen LogP contribution in [-0.2, 0) is 4.79 Å². The van der Waals surface area contributed by atoms with Crippen molar-refractivity contribution in [3.63, 3.8) is 0 Å². The molecule has 1 aromatic carbocycles. The Hall–Kier alpha value is -1.66. The molecule has 2 N–H and O–H groups in total. The SMILES string of the molecule is CN(CCO)CC(=O)NCCOc1cccc(F)c1. The van der Waals surface area contributed by atoms with E-state index in [-0.39, 0.29) is 31.5 Å². The Morgan fingerprint density at radius 3 is 3.00 bits per heavy atom. The molecule has 0 aliphatic heterocycles. The van der Waals surface area contributed by atoms with Crippen LogP contribution in [0.15, 0.2) is 24.3 Å². The number of likely N-dealkylation sites (N-methyl/N-ethyl adjacent to an activating group) is 1.